The zero-order chi connectivity index (χ0) is 17.6. The Balaban J connectivity index is 2.04. The highest BCUT2D eigenvalue weighted by atomic mass is 19.1. The van der Waals surface area contributed by atoms with Gasteiger partial charge in [0.1, 0.15) is 11.4 Å². The molecule has 0 fully saturated rings. The quantitative estimate of drug-likeness (QED) is 0.571. The Kier molecular flexibility index (Phi) is 3.32. The molecule has 122 valence electrons. The third-order valence-electron chi connectivity index (χ3n) is 4.03. The number of fused-ring (bicyclic) bond motifs is 2. The summed E-state index contributed by atoms with van der Waals surface area (Å²) in [6.45, 7) is 0. The predicted octanol–water partition coefficient (Wildman–Crippen LogP) is 3.35. The number of nitrogens with zero attached hydrogens (tertiary/aromatic N) is 2. The Morgan fingerprint density at radius 1 is 1.04 bits per heavy atom. The van der Waals surface area contributed by atoms with Gasteiger partial charge in [-0.1, -0.05) is 18.2 Å². The average Bonchev–Trinajstić information content (AvgIpc) is 2.61. The van der Waals surface area contributed by atoms with Crippen molar-refractivity contribution < 1.29 is 14.3 Å². The molecule has 0 unspecified atom stereocenters. The highest BCUT2D eigenvalue weighted by Crippen LogP contribution is 2.23. The van der Waals surface area contributed by atoms with E-state index in [0.717, 1.165) is 0 Å². The van der Waals surface area contributed by atoms with Gasteiger partial charge in [0, 0.05) is 6.20 Å². The molecule has 5 nitrogen and oxygen atoms in total. The first-order valence-corrected chi connectivity index (χ1v) is 7.49. The fraction of sp³-hybridized carbons (Fsp3) is 0. The van der Waals surface area contributed by atoms with E-state index >= 15 is 0 Å². The minimum atomic E-state index is -1.15. The monoisotopic (exact) mass is 334 g/mol. The number of rotatable bonds is 2. The van der Waals surface area contributed by atoms with Crippen LogP contribution in [0.15, 0.2) is 65.6 Å². The number of aromatic nitrogens is 2. The molecular weight excluding hydrogens is 323 g/mol. The summed E-state index contributed by atoms with van der Waals surface area (Å²) < 4.78 is 14.7. The first kappa shape index (κ1) is 15.0. The minimum Gasteiger partial charge on any atom is -0.478 e. The van der Waals surface area contributed by atoms with E-state index < -0.39 is 5.97 Å². The van der Waals surface area contributed by atoms with Crippen molar-refractivity contribution >= 4 is 22.5 Å². The van der Waals surface area contributed by atoms with Gasteiger partial charge in [-0.05, 0) is 47.5 Å². The Bertz CT molecular complexity index is 1210. The van der Waals surface area contributed by atoms with Crippen molar-refractivity contribution in [2.75, 3.05) is 0 Å². The van der Waals surface area contributed by atoms with Crippen LogP contribution in [0, 0.1) is 5.82 Å². The zero-order valence-electron chi connectivity index (χ0n) is 12.8. The third kappa shape index (κ3) is 2.44. The van der Waals surface area contributed by atoms with Crippen molar-refractivity contribution in [3.8, 4) is 11.1 Å². The molecule has 0 saturated carbocycles. The van der Waals surface area contributed by atoms with Gasteiger partial charge in [0.15, 0.2) is 5.65 Å². The van der Waals surface area contributed by atoms with Crippen molar-refractivity contribution in [1.29, 1.82) is 0 Å². The molecule has 2 aromatic carbocycles. The van der Waals surface area contributed by atoms with E-state index in [0.29, 0.717) is 22.0 Å². The van der Waals surface area contributed by atoms with Crippen LogP contribution >= 0.6 is 0 Å². The summed E-state index contributed by atoms with van der Waals surface area (Å²) in [4.78, 5) is 28.4. The molecule has 1 N–H and O–H groups in total. The molecule has 0 aliphatic rings. The molecule has 2 heterocycles. The van der Waals surface area contributed by atoms with Crippen LogP contribution in [0.3, 0.4) is 0 Å². The number of hydrogen-bond donors (Lipinski definition) is 1. The van der Waals surface area contributed by atoms with Crippen LogP contribution in [0.5, 0.6) is 0 Å². The van der Waals surface area contributed by atoms with E-state index in [9.17, 15) is 19.1 Å². The van der Waals surface area contributed by atoms with Crippen molar-refractivity contribution in [3.63, 3.8) is 0 Å². The van der Waals surface area contributed by atoms with Gasteiger partial charge in [0.05, 0.1) is 10.9 Å². The van der Waals surface area contributed by atoms with Gasteiger partial charge in [-0.25, -0.2) is 14.2 Å². The van der Waals surface area contributed by atoms with Crippen molar-refractivity contribution in [2.24, 2.45) is 0 Å². The number of aromatic carboxylic acids is 1. The standard InChI is InChI=1S/C19H11FN2O3/c20-13-4-1-3-11(9-13)12-6-7-16-15(10-12)18(23)22-8-2-5-14(19(24)25)17(22)21-16/h1-10H,(H,24,25). The minimum absolute atomic E-state index is 0.0456. The van der Waals surface area contributed by atoms with Crippen molar-refractivity contribution in [3.05, 3.63) is 82.5 Å². The molecule has 6 heteroatoms. The summed E-state index contributed by atoms with van der Waals surface area (Å²) in [5, 5.41) is 9.61. The number of hydrogen-bond acceptors (Lipinski definition) is 3. The molecule has 0 bridgehead atoms. The number of benzene rings is 2. The van der Waals surface area contributed by atoms with E-state index in [1.807, 2.05) is 0 Å². The molecule has 2 aromatic heterocycles. The lowest BCUT2D eigenvalue weighted by molar-refractivity contribution is 0.0698. The molecule has 4 aromatic rings. The molecule has 0 saturated heterocycles. The van der Waals surface area contributed by atoms with Crippen LogP contribution < -0.4 is 5.56 Å². The van der Waals surface area contributed by atoms with Crippen LogP contribution in [-0.2, 0) is 0 Å². The SMILES string of the molecule is O=C(O)c1cccn2c(=O)c3cc(-c4cccc(F)c4)ccc3nc12. The van der Waals surface area contributed by atoms with Crippen molar-refractivity contribution in [2.45, 2.75) is 0 Å². The first-order valence-electron chi connectivity index (χ1n) is 7.49. The smallest absolute Gasteiger partial charge is 0.339 e. The van der Waals surface area contributed by atoms with Crippen LogP contribution in [0.2, 0.25) is 0 Å². The van der Waals surface area contributed by atoms with Gasteiger partial charge in [0.25, 0.3) is 5.56 Å². The summed E-state index contributed by atoms with van der Waals surface area (Å²) in [7, 11) is 0. The Morgan fingerprint density at radius 2 is 1.84 bits per heavy atom. The van der Waals surface area contributed by atoms with Crippen LogP contribution in [-0.4, -0.2) is 20.5 Å². The molecule has 4 rings (SSSR count). The lowest BCUT2D eigenvalue weighted by Crippen LogP contribution is -2.17. The fourth-order valence-electron chi connectivity index (χ4n) is 2.84. The average molecular weight is 334 g/mol. The van der Waals surface area contributed by atoms with E-state index in [1.54, 1.807) is 30.3 Å². The summed E-state index contributed by atoms with van der Waals surface area (Å²) in [5.41, 5.74) is 1.38. The Hall–Kier alpha value is -3.54. The van der Waals surface area contributed by atoms with Gasteiger partial charge in [0.2, 0.25) is 0 Å². The van der Waals surface area contributed by atoms with E-state index in [-0.39, 0.29) is 22.6 Å². The van der Waals surface area contributed by atoms with Gasteiger partial charge in [-0.3, -0.25) is 9.20 Å². The second kappa shape index (κ2) is 5.52. The van der Waals surface area contributed by atoms with E-state index in [2.05, 4.69) is 4.98 Å². The molecule has 25 heavy (non-hydrogen) atoms. The summed E-state index contributed by atoms with van der Waals surface area (Å²) >= 11 is 0. The number of carboxylic acids is 1. The topological polar surface area (TPSA) is 71.7 Å². The maximum absolute atomic E-state index is 13.4. The lowest BCUT2D eigenvalue weighted by Gasteiger charge is -2.07. The molecular formula is C19H11FN2O3. The second-order valence-corrected chi connectivity index (χ2v) is 5.58. The molecule has 0 atom stereocenters. The van der Waals surface area contributed by atoms with Crippen molar-refractivity contribution in [1.82, 2.24) is 9.38 Å². The summed E-state index contributed by atoms with van der Waals surface area (Å²) in [5.74, 6) is -1.52. The molecule has 0 amide bonds. The molecule has 0 aliphatic carbocycles. The largest absolute Gasteiger partial charge is 0.478 e. The lowest BCUT2D eigenvalue weighted by atomic mass is 10.0. The maximum atomic E-state index is 13.4. The number of carbonyl (C=O) groups is 1. The van der Waals surface area contributed by atoms with Gasteiger partial charge in [-0.2, -0.15) is 0 Å². The number of carboxylic acid groups (broad SMARTS) is 1. The Labute approximate surface area is 140 Å². The molecule has 0 spiro atoms. The normalized spacial score (nSPS) is 11.1. The maximum Gasteiger partial charge on any atom is 0.339 e. The Morgan fingerprint density at radius 3 is 2.60 bits per heavy atom. The predicted molar refractivity (Wildman–Crippen MR) is 91.3 cm³/mol. The third-order valence-corrected chi connectivity index (χ3v) is 4.03. The van der Waals surface area contributed by atoms with Crippen LogP contribution in [0.4, 0.5) is 4.39 Å². The fourth-order valence-corrected chi connectivity index (χ4v) is 2.84. The van der Waals surface area contributed by atoms with Gasteiger partial charge < -0.3 is 5.11 Å². The number of pyridine rings is 1. The highest BCUT2D eigenvalue weighted by molar-refractivity contribution is 5.96. The number of halogens is 1. The molecule has 0 radical (unpaired) electrons. The van der Waals surface area contributed by atoms with E-state index in [1.165, 1.54) is 34.9 Å². The van der Waals surface area contributed by atoms with E-state index in [4.69, 9.17) is 0 Å². The van der Waals surface area contributed by atoms with Gasteiger partial charge in [-0.15, -0.1) is 0 Å². The second-order valence-electron chi connectivity index (χ2n) is 5.58. The van der Waals surface area contributed by atoms with Crippen LogP contribution in [0.25, 0.3) is 27.7 Å². The van der Waals surface area contributed by atoms with Crippen LogP contribution in [0.1, 0.15) is 10.4 Å². The highest BCUT2D eigenvalue weighted by Gasteiger charge is 2.13. The summed E-state index contributed by atoms with van der Waals surface area (Å²) in [6, 6.07) is 14.0. The molecule has 0 aliphatic heterocycles. The zero-order valence-corrected chi connectivity index (χ0v) is 12.8. The van der Waals surface area contributed by atoms with Gasteiger partial charge >= 0.3 is 5.97 Å². The summed E-state index contributed by atoms with van der Waals surface area (Å²) in [6.07, 6.45) is 1.48. The first-order chi connectivity index (χ1) is 12.0.